The van der Waals surface area contributed by atoms with Crippen LogP contribution in [-0.2, 0) is 0 Å². The Kier molecular flexibility index (Phi) is 1.21. The van der Waals surface area contributed by atoms with Gasteiger partial charge in [0.05, 0.1) is 0 Å². The van der Waals surface area contributed by atoms with Crippen LogP contribution in [0, 0.1) is 11.8 Å². The molecule has 64 valence electrons. The van der Waals surface area contributed by atoms with Crippen molar-refractivity contribution in [2.24, 2.45) is 11.8 Å². The lowest BCUT2D eigenvalue weighted by atomic mass is 10.0. The van der Waals surface area contributed by atoms with E-state index in [4.69, 9.17) is 0 Å². The molecule has 2 aliphatic carbocycles. The number of fused-ring (bicyclic) bond motifs is 2. The predicted octanol–water partition coefficient (Wildman–Crippen LogP) is 2.17. The molecule has 1 heterocycles. The maximum absolute atomic E-state index is 2.52. The van der Waals surface area contributed by atoms with E-state index in [1.807, 2.05) is 0 Å². The van der Waals surface area contributed by atoms with E-state index in [0.717, 1.165) is 11.8 Å². The molecule has 1 nitrogen and oxygen atoms in total. The Morgan fingerprint density at radius 3 is 3.08 bits per heavy atom. The molecule has 1 aliphatic heterocycles. The van der Waals surface area contributed by atoms with Crippen LogP contribution in [-0.4, -0.2) is 18.0 Å². The molecule has 1 saturated carbocycles. The molecular weight excluding hydrogens is 146 g/mol. The summed E-state index contributed by atoms with van der Waals surface area (Å²) >= 11 is 0. The Bertz CT molecular complexity index is 275. The highest BCUT2D eigenvalue weighted by atomic mass is 15.2. The van der Waals surface area contributed by atoms with Crippen molar-refractivity contribution >= 4 is 0 Å². The summed E-state index contributed by atoms with van der Waals surface area (Å²) < 4.78 is 0. The normalized spacial score (nSPS) is 36.9. The first-order valence-corrected chi connectivity index (χ1v) is 5.06. The van der Waals surface area contributed by atoms with Gasteiger partial charge in [-0.05, 0) is 37.2 Å². The van der Waals surface area contributed by atoms with E-state index in [0.29, 0.717) is 0 Å². The summed E-state index contributed by atoms with van der Waals surface area (Å²) in [6.07, 6.45) is 7.75. The third-order valence-electron chi connectivity index (χ3n) is 3.38. The molecule has 0 N–H and O–H groups in total. The molecule has 1 heteroatoms. The van der Waals surface area contributed by atoms with E-state index in [1.165, 1.54) is 25.9 Å². The number of allylic oxidation sites excluding steroid dienone is 3. The smallest absolute Gasteiger partial charge is 0.0358 e. The van der Waals surface area contributed by atoms with Crippen LogP contribution >= 0.6 is 0 Å². The SMILES string of the molecule is CCN1CCC2=CC3CC3C=C21. The van der Waals surface area contributed by atoms with Crippen LogP contribution in [0.2, 0.25) is 0 Å². The summed E-state index contributed by atoms with van der Waals surface area (Å²) in [5.41, 5.74) is 3.20. The maximum atomic E-state index is 2.52. The number of likely N-dealkylation sites (N-methyl/N-ethyl adjacent to an activating group) is 1. The number of hydrogen-bond donors (Lipinski definition) is 0. The standard InChI is InChI=1S/C11H15N/c1-2-12-4-3-8-5-9-6-10(9)7-11(8)12/h5,7,9-10H,2-4,6H2,1H3. The summed E-state index contributed by atoms with van der Waals surface area (Å²) in [5, 5.41) is 0. The minimum atomic E-state index is 0.913. The minimum absolute atomic E-state index is 0.913. The van der Waals surface area contributed by atoms with E-state index >= 15 is 0 Å². The van der Waals surface area contributed by atoms with Crippen LogP contribution in [0.25, 0.3) is 0 Å². The van der Waals surface area contributed by atoms with Gasteiger partial charge in [0.15, 0.2) is 0 Å². The zero-order chi connectivity index (χ0) is 8.13. The summed E-state index contributed by atoms with van der Waals surface area (Å²) in [7, 11) is 0. The minimum Gasteiger partial charge on any atom is -0.372 e. The van der Waals surface area contributed by atoms with Gasteiger partial charge in [0.1, 0.15) is 0 Å². The number of rotatable bonds is 1. The summed E-state index contributed by atoms with van der Waals surface area (Å²) in [6, 6.07) is 0. The molecule has 0 radical (unpaired) electrons. The summed E-state index contributed by atoms with van der Waals surface area (Å²) in [4.78, 5) is 2.51. The zero-order valence-electron chi connectivity index (χ0n) is 7.59. The molecule has 1 saturated heterocycles. The van der Waals surface area contributed by atoms with Crippen LogP contribution in [0.4, 0.5) is 0 Å². The van der Waals surface area contributed by atoms with Crippen molar-refractivity contribution < 1.29 is 0 Å². The fraction of sp³-hybridized carbons (Fsp3) is 0.636. The van der Waals surface area contributed by atoms with Crippen LogP contribution < -0.4 is 0 Å². The fourth-order valence-electron chi connectivity index (χ4n) is 2.50. The summed E-state index contributed by atoms with van der Waals surface area (Å²) in [6.45, 7) is 4.69. The molecule has 0 spiro atoms. The molecule has 0 aromatic heterocycles. The van der Waals surface area contributed by atoms with Crippen molar-refractivity contribution in [3.8, 4) is 0 Å². The lowest BCUT2D eigenvalue weighted by Gasteiger charge is -2.19. The Morgan fingerprint density at radius 1 is 1.42 bits per heavy atom. The first kappa shape index (κ1) is 6.76. The van der Waals surface area contributed by atoms with Crippen LogP contribution in [0.15, 0.2) is 23.4 Å². The first-order valence-electron chi connectivity index (χ1n) is 5.06. The highest BCUT2D eigenvalue weighted by Crippen LogP contribution is 2.48. The number of likely N-dealkylation sites (tertiary alicyclic amines) is 1. The van der Waals surface area contributed by atoms with E-state index < -0.39 is 0 Å². The second kappa shape index (κ2) is 2.15. The van der Waals surface area contributed by atoms with E-state index in [9.17, 15) is 0 Å². The van der Waals surface area contributed by atoms with Gasteiger partial charge in [-0.3, -0.25) is 0 Å². The third-order valence-corrected chi connectivity index (χ3v) is 3.38. The Morgan fingerprint density at radius 2 is 2.25 bits per heavy atom. The monoisotopic (exact) mass is 161 g/mol. The maximum Gasteiger partial charge on any atom is 0.0358 e. The van der Waals surface area contributed by atoms with Gasteiger partial charge in [0.2, 0.25) is 0 Å². The second-order valence-electron chi connectivity index (χ2n) is 4.14. The molecule has 2 unspecified atom stereocenters. The van der Waals surface area contributed by atoms with Gasteiger partial charge in [-0.15, -0.1) is 0 Å². The van der Waals surface area contributed by atoms with Gasteiger partial charge in [-0.25, -0.2) is 0 Å². The largest absolute Gasteiger partial charge is 0.372 e. The lowest BCUT2D eigenvalue weighted by Crippen LogP contribution is -2.17. The molecular formula is C11H15N. The quantitative estimate of drug-likeness (QED) is 0.569. The Labute approximate surface area is 73.8 Å². The van der Waals surface area contributed by atoms with Gasteiger partial charge in [-0.2, -0.15) is 0 Å². The highest BCUT2D eigenvalue weighted by molar-refractivity contribution is 5.41. The van der Waals surface area contributed by atoms with Crippen LogP contribution in [0.5, 0.6) is 0 Å². The molecule has 0 amide bonds. The van der Waals surface area contributed by atoms with Crippen molar-refractivity contribution in [1.29, 1.82) is 0 Å². The molecule has 2 atom stereocenters. The average molecular weight is 161 g/mol. The lowest BCUT2D eigenvalue weighted by molar-refractivity contribution is 0.414. The van der Waals surface area contributed by atoms with Gasteiger partial charge < -0.3 is 4.90 Å². The molecule has 2 fully saturated rings. The molecule has 0 aromatic carbocycles. The number of nitrogens with zero attached hydrogens (tertiary/aromatic N) is 1. The molecule has 3 rings (SSSR count). The third kappa shape index (κ3) is 0.796. The molecule has 12 heavy (non-hydrogen) atoms. The number of hydrogen-bond acceptors (Lipinski definition) is 1. The molecule has 3 aliphatic rings. The van der Waals surface area contributed by atoms with E-state index in [1.54, 1.807) is 11.3 Å². The average Bonchev–Trinajstić information content (AvgIpc) is 2.72. The van der Waals surface area contributed by atoms with Crippen molar-refractivity contribution in [2.75, 3.05) is 13.1 Å². The van der Waals surface area contributed by atoms with Crippen LogP contribution in [0.1, 0.15) is 19.8 Å². The van der Waals surface area contributed by atoms with Crippen molar-refractivity contribution in [3.63, 3.8) is 0 Å². The highest BCUT2D eigenvalue weighted by Gasteiger charge is 2.39. The van der Waals surface area contributed by atoms with Gasteiger partial charge >= 0.3 is 0 Å². The van der Waals surface area contributed by atoms with Crippen LogP contribution in [0.3, 0.4) is 0 Å². The van der Waals surface area contributed by atoms with Crippen molar-refractivity contribution in [2.45, 2.75) is 19.8 Å². The molecule has 0 bridgehead atoms. The Hall–Kier alpha value is -0.720. The topological polar surface area (TPSA) is 3.24 Å². The molecule has 0 aromatic rings. The van der Waals surface area contributed by atoms with E-state index in [-0.39, 0.29) is 0 Å². The van der Waals surface area contributed by atoms with Gasteiger partial charge in [0.25, 0.3) is 0 Å². The first-order chi connectivity index (χ1) is 5.88. The second-order valence-corrected chi connectivity index (χ2v) is 4.14. The Balaban J connectivity index is 1.96. The predicted molar refractivity (Wildman–Crippen MR) is 49.6 cm³/mol. The van der Waals surface area contributed by atoms with Gasteiger partial charge in [0, 0.05) is 18.8 Å². The zero-order valence-corrected chi connectivity index (χ0v) is 7.59. The van der Waals surface area contributed by atoms with E-state index in [2.05, 4.69) is 24.0 Å². The van der Waals surface area contributed by atoms with Crippen molar-refractivity contribution in [1.82, 2.24) is 4.90 Å². The van der Waals surface area contributed by atoms with Gasteiger partial charge in [-0.1, -0.05) is 12.2 Å². The van der Waals surface area contributed by atoms with Crippen molar-refractivity contribution in [3.05, 3.63) is 23.4 Å². The summed E-state index contributed by atoms with van der Waals surface area (Å²) in [5.74, 6) is 1.84. The fourth-order valence-corrected chi connectivity index (χ4v) is 2.50.